The van der Waals surface area contributed by atoms with E-state index < -0.39 is 5.41 Å². The number of nitrogens with zero attached hydrogens (tertiary/aromatic N) is 1. The summed E-state index contributed by atoms with van der Waals surface area (Å²) in [5.74, 6) is 0.232. The van der Waals surface area contributed by atoms with Crippen LogP contribution in [0.5, 0.6) is 0 Å². The maximum atomic E-state index is 13.3. The summed E-state index contributed by atoms with van der Waals surface area (Å²) in [7, 11) is 0. The Morgan fingerprint density at radius 1 is 1.19 bits per heavy atom. The molecule has 0 spiro atoms. The zero-order valence-electron chi connectivity index (χ0n) is 16.2. The van der Waals surface area contributed by atoms with Gasteiger partial charge in [0.15, 0.2) is 0 Å². The summed E-state index contributed by atoms with van der Waals surface area (Å²) >= 11 is 0. The number of hydrogen-bond acceptors (Lipinski definition) is 2. The fraction of sp³-hybridized carbons (Fsp3) is 0.565. The van der Waals surface area contributed by atoms with E-state index in [1.807, 2.05) is 35.2 Å². The van der Waals surface area contributed by atoms with Gasteiger partial charge in [-0.1, -0.05) is 36.8 Å². The van der Waals surface area contributed by atoms with Crippen LogP contribution in [0.4, 0.5) is 0 Å². The number of carbonyl (C=O) groups excluding carboxylic acids is 2. The second-order valence-corrected chi connectivity index (χ2v) is 8.33. The normalized spacial score (nSPS) is 29.5. The Balaban J connectivity index is 1.50. The molecule has 3 atom stereocenters. The van der Waals surface area contributed by atoms with Crippen molar-refractivity contribution in [3.8, 4) is 0 Å². The Morgan fingerprint density at radius 2 is 2.00 bits per heavy atom. The Bertz CT molecular complexity index is 742. The largest absolute Gasteiger partial charge is 0.352 e. The van der Waals surface area contributed by atoms with Crippen molar-refractivity contribution in [3.05, 3.63) is 47.5 Å². The highest BCUT2D eigenvalue weighted by molar-refractivity contribution is 5.96. The maximum absolute atomic E-state index is 13.3. The zero-order chi connectivity index (χ0) is 18.9. The van der Waals surface area contributed by atoms with Gasteiger partial charge >= 0.3 is 0 Å². The molecule has 2 fully saturated rings. The molecular weight excluding hydrogens is 336 g/mol. The number of nitrogens with one attached hydrogen (secondary N) is 1. The van der Waals surface area contributed by atoms with Crippen molar-refractivity contribution in [2.24, 2.45) is 5.41 Å². The standard InChI is InChI=1S/C23H30N2O2/c1-2-23(22(27)24-16-17-9-5-3-6-10-17)15-19-13-14-20(23)25(19)21(26)18-11-7-4-8-12-18/h4,7-9,11-12,19-20H,2-3,5-6,10,13-16H2,1H3,(H,24,27)/t19-,20+,23+/m0/s1. The van der Waals surface area contributed by atoms with Gasteiger partial charge in [-0.15, -0.1) is 0 Å². The van der Waals surface area contributed by atoms with Crippen LogP contribution in [0.3, 0.4) is 0 Å². The average Bonchev–Trinajstić information content (AvgIpc) is 3.29. The summed E-state index contributed by atoms with van der Waals surface area (Å²) in [6.45, 7) is 2.77. The number of amides is 2. The third-order valence-electron chi connectivity index (χ3n) is 6.94. The Morgan fingerprint density at radius 3 is 2.70 bits per heavy atom. The third kappa shape index (κ3) is 3.19. The van der Waals surface area contributed by atoms with Gasteiger partial charge in [-0.05, 0) is 63.5 Å². The van der Waals surface area contributed by atoms with Gasteiger partial charge in [0.05, 0.1) is 5.41 Å². The lowest BCUT2D eigenvalue weighted by Crippen LogP contribution is -2.50. The molecule has 0 saturated carbocycles. The molecule has 4 nitrogen and oxygen atoms in total. The number of carbonyl (C=O) groups is 2. The zero-order valence-corrected chi connectivity index (χ0v) is 16.2. The first kappa shape index (κ1) is 18.3. The second kappa shape index (κ2) is 7.49. The molecule has 1 N–H and O–H groups in total. The number of allylic oxidation sites excluding steroid dienone is 1. The molecule has 144 valence electrons. The van der Waals surface area contributed by atoms with Crippen LogP contribution in [0.25, 0.3) is 0 Å². The molecule has 2 aliphatic heterocycles. The molecule has 2 heterocycles. The lowest BCUT2D eigenvalue weighted by molar-refractivity contribution is -0.132. The highest BCUT2D eigenvalue weighted by Gasteiger charge is 2.60. The van der Waals surface area contributed by atoms with Gasteiger partial charge in [0, 0.05) is 24.2 Å². The van der Waals surface area contributed by atoms with Crippen molar-refractivity contribution in [2.75, 3.05) is 6.54 Å². The number of rotatable bonds is 5. The summed E-state index contributed by atoms with van der Waals surface area (Å²) in [4.78, 5) is 28.4. The first-order chi connectivity index (χ1) is 13.2. The molecule has 4 heteroatoms. The van der Waals surface area contributed by atoms with Gasteiger partial charge < -0.3 is 10.2 Å². The second-order valence-electron chi connectivity index (χ2n) is 8.33. The molecule has 0 aromatic heterocycles. The van der Waals surface area contributed by atoms with E-state index in [1.54, 1.807) is 0 Å². The first-order valence-electron chi connectivity index (χ1n) is 10.5. The highest BCUT2D eigenvalue weighted by Crippen LogP contribution is 2.52. The lowest BCUT2D eigenvalue weighted by Gasteiger charge is -2.35. The van der Waals surface area contributed by atoms with Crippen LogP contribution in [-0.4, -0.2) is 35.3 Å². The van der Waals surface area contributed by atoms with E-state index in [0.29, 0.717) is 6.54 Å². The minimum absolute atomic E-state index is 0.0283. The van der Waals surface area contributed by atoms with Crippen molar-refractivity contribution in [1.82, 2.24) is 10.2 Å². The van der Waals surface area contributed by atoms with Crippen molar-refractivity contribution >= 4 is 11.8 Å². The summed E-state index contributed by atoms with van der Waals surface area (Å²) in [6.07, 6.45) is 10.6. The molecule has 2 saturated heterocycles. The van der Waals surface area contributed by atoms with E-state index in [2.05, 4.69) is 18.3 Å². The van der Waals surface area contributed by atoms with Crippen molar-refractivity contribution in [1.29, 1.82) is 0 Å². The summed E-state index contributed by atoms with van der Waals surface area (Å²) < 4.78 is 0. The fourth-order valence-electron chi connectivity index (χ4n) is 5.44. The predicted octanol–water partition coefficient (Wildman–Crippen LogP) is 4.08. The summed E-state index contributed by atoms with van der Waals surface area (Å²) in [6, 6.07) is 9.72. The van der Waals surface area contributed by atoms with Gasteiger partial charge in [-0.3, -0.25) is 9.59 Å². The van der Waals surface area contributed by atoms with E-state index in [4.69, 9.17) is 0 Å². The number of benzene rings is 1. The van der Waals surface area contributed by atoms with Crippen LogP contribution in [0.1, 0.15) is 68.6 Å². The van der Waals surface area contributed by atoms with E-state index in [1.165, 1.54) is 18.4 Å². The van der Waals surface area contributed by atoms with Crippen molar-refractivity contribution in [2.45, 2.75) is 70.4 Å². The molecule has 1 aliphatic carbocycles. The Kier molecular flexibility index (Phi) is 5.07. The van der Waals surface area contributed by atoms with Crippen LogP contribution in [-0.2, 0) is 4.79 Å². The third-order valence-corrected chi connectivity index (χ3v) is 6.94. The average molecular weight is 367 g/mol. The van der Waals surface area contributed by atoms with Gasteiger partial charge in [-0.25, -0.2) is 0 Å². The topological polar surface area (TPSA) is 49.4 Å². The quantitative estimate of drug-likeness (QED) is 0.799. The summed E-state index contributed by atoms with van der Waals surface area (Å²) in [5.41, 5.74) is 1.66. The van der Waals surface area contributed by atoms with Crippen LogP contribution < -0.4 is 5.32 Å². The molecule has 27 heavy (non-hydrogen) atoms. The fourth-order valence-corrected chi connectivity index (χ4v) is 5.44. The van der Waals surface area contributed by atoms with Crippen LogP contribution in [0.2, 0.25) is 0 Å². The van der Waals surface area contributed by atoms with Gasteiger partial charge in [-0.2, -0.15) is 0 Å². The van der Waals surface area contributed by atoms with Crippen LogP contribution >= 0.6 is 0 Å². The number of fused-ring (bicyclic) bond motifs is 2. The minimum atomic E-state index is -0.428. The lowest BCUT2D eigenvalue weighted by atomic mass is 9.71. The van der Waals surface area contributed by atoms with Crippen LogP contribution in [0, 0.1) is 5.41 Å². The molecule has 1 aromatic carbocycles. The van der Waals surface area contributed by atoms with Gasteiger partial charge in [0.1, 0.15) is 0 Å². The Hall–Kier alpha value is -2.10. The highest BCUT2D eigenvalue weighted by atomic mass is 16.2. The molecule has 0 radical (unpaired) electrons. The molecule has 0 unspecified atom stereocenters. The van der Waals surface area contributed by atoms with E-state index >= 15 is 0 Å². The van der Waals surface area contributed by atoms with E-state index in [0.717, 1.165) is 44.1 Å². The van der Waals surface area contributed by atoms with Gasteiger partial charge in [0.2, 0.25) is 5.91 Å². The van der Waals surface area contributed by atoms with E-state index in [9.17, 15) is 9.59 Å². The predicted molar refractivity (Wildman–Crippen MR) is 106 cm³/mol. The molecule has 3 aliphatic rings. The van der Waals surface area contributed by atoms with Crippen molar-refractivity contribution in [3.63, 3.8) is 0 Å². The molecule has 2 amide bonds. The van der Waals surface area contributed by atoms with Crippen molar-refractivity contribution < 1.29 is 9.59 Å². The SMILES string of the molecule is CC[C@@]1(C(=O)NCC2=CCCCC2)C[C@@H]2CC[C@H]1N2C(=O)c1ccccc1. The first-order valence-corrected chi connectivity index (χ1v) is 10.5. The molecule has 2 bridgehead atoms. The minimum Gasteiger partial charge on any atom is -0.352 e. The molecule has 4 rings (SSSR count). The molecule has 1 aromatic rings. The maximum Gasteiger partial charge on any atom is 0.254 e. The van der Waals surface area contributed by atoms with E-state index in [-0.39, 0.29) is 23.9 Å². The smallest absolute Gasteiger partial charge is 0.254 e. The Labute approximate surface area is 162 Å². The van der Waals surface area contributed by atoms with Crippen LogP contribution in [0.15, 0.2) is 42.0 Å². The summed E-state index contributed by atoms with van der Waals surface area (Å²) in [5, 5.41) is 3.22. The monoisotopic (exact) mass is 366 g/mol. The van der Waals surface area contributed by atoms with Gasteiger partial charge in [0.25, 0.3) is 5.91 Å². The number of hydrogen-bond donors (Lipinski definition) is 1. The molecular formula is C23H30N2O2.